The van der Waals surface area contributed by atoms with Crippen molar-refractivity contribution in [3.8, 4) is 5.75 Å². The fourth-order valence-electron chi connectivity index (χ4n) is 2.01. The third kappa shape index (κ3) is 4.64. The van der Waals surface area contributed by atoms with E-state index in [1.54, 1.807) is 31.4 Å². The highest BCUT2D eigenvalue weighted by molar-refractivity contribution is 5.95. The normalized spacial score (nSPS) is 20.2. The van der Waals surface area contributed by atoms with E-state index in [0.717, 1.165) is 0 Å². The number of nitrogens with one attached hydrogen (secondary N) is 2. The van der Waals surface area contributed by atoms with Gasteiger partial charge in [-0.25, -0.2) is 8.78 Å². The Kier molecular flexibility index (Phi) is 5.08. The quantitative estimate of drug-likeness (QED) is 0.784. The van der Waals surface area contributed by atoms with E-state index in [4.69, 9.17) is 9.47 Å². The first-order valence-corrected chi connectivity index (χ1v) is 6.64. The van der Waals surface area contributed by atoms with Crippen LogP contribution in [0, 0.1) is 0 Å². The summed E-state index contributed by atoms with van der Waals surface area (Å²) in [6.07, 6.45) is -0.475. The van der Waals surface area contributed by atoms with Gasteiger partial charge in [-0.15, -0.1) is 0 Å². The third-order valence-electron chi connectivity index (χ3n) is 3.10. The van der Waals surface area contributed by atoms with Crippen LogP contribution in [0.4, 0.5) is 14.5 Å². The largest absolute Gasteiger partial charge is 0.491 e. The average Bonchev–Trinajstić information content (AvgIpc) is 2.81. The van der Waals surface area contributed by atoms with Gasteiger partial charge in [-0.05, 0) is 24.3 Å². The minimum absolute atomic E-state index is 0.434. The summed E-state index contributed by atoms with van der Waals surface area (Å²) in [4.78, 5) is 11.8. The Hall–Kier alpha value is -1.73. The number of methoxy groups -OCH3 is 1. The summed E-state index contributed by atoms with van der Waals surface area (Å²) in [5.74, 6) is -2.63. The van der Waals surface area contributed by atoms with Crippen LogP contribution in [-0.4, -0.2) is 44.7 Å². The first kappa shape index (κ1) is 15.7. The van der Waals surface area contributed by atoms with Gasteiger partial charge in [0, 0.05) is 19.2 Å². The van der Waals surface area contributed by atoms with Crippen LogP contribution in [0.5, 0.6) is 5.75 Å². The number of hydrogen-bond donors (Lipinski definition) is 2. The first-order valence-electron chi connectivity index (χ1n) is 6.64. The Morgan fingerprint density at radius 3 is 2.67 bits per heavy atom. The van der Waals surface area contributed by atoms with E-state index in [1.807, 2.05) is 0 Å². The Bertz CT molecular complexity index is 480. The highest BCUT2D eigenvalue weighted by atomic mass is 19.3. The van der Waals surface area contributed by atoms with E-state index in [1.165, 1.54) is 0 Å². The lowest BCUT2D eigenvalue weighted by atomic mass is 10.2. The van der Waals surface area contributed by atoms with Gasteiger partial charge in [0.05, 0.1) is 19.2 Å². The second-order valence-corrected chi connectivity index (χ2v) is 4.85. The SMILES string of the molecule is COCCOc1ccc(NC(=O)C2CC(F)(F)CN2)cc1. The molecule has 1 aliphatic rings. The topological polar surface area (TPSA) is 59.6 Å². The molecule has 0 bridgehead atoms. The summed E-state index contributed by atoms with van der Waals surface area (Å²) in [5, 5.41) is 5.11. The number of benzene rings is 1. The maximum absolute atomic E-state index is 13.0. The van der Waals surface area contributed by atoms with E-state index in [2.05, 4.69) is 10.6 Å². The molecule has 1 aromatic carbocycles. The molecule has 1 unspecified atom stereocenters. The maximum atomic E-state index is 13.0. The van der Waals surface area contributed by atoms with Crippen LogP contribution in [0.1, 0.15) is 6.42 Å². The average molecular weight is 300 g/mol. The Morgan fingerprint density at radius 2 is 2.10 bits per heavy atom. The molecule has 2 N–H and O–H groups in total. The number of amides is 1. The number of carbonyl (C=O) groups is 1. The molecule has 0 radical (unpaired) electrons. The third-order valence-corrected chi connectivity index (χ3v) is 3.10. The van der Waals surface area contributed by atoms with E-state index >= 15 is 0 Å². The smallest absolute Gasteiger partial charge is 0.262 e. The van der Waals surface area contributed by atoms with Crippen molar-refractivity contribution in [1.29, 1.82) is 0 Å². The molecular formula is C14H18F2N2O3. The van der Waals surface area contributed by atoms with Gasteiger partial charge in [-0.1, -0.05) is 0 Å². The van der Waals surface area contributed by atoms with Crippen LogP contribution in [0.2, 0.25) is 0 Å². The fraction of sp³-hybridized carbons (Fsp3) is 0.500. The number of rotatable bonds is 6. The zero-order valence-electron chi connectivity index (χ0n) is 11.7. The molecule has 1 atom stereocenters. The van der Waals surface area contributed by atoms with Crippen LogP contribution >= 0.6 is 0 Å². The standard InChI is InChI=1S/C14H18F2N2O3/c1-20-6-7-21-11-4-2-10(3-5-11)18-13(19)12-8-14(15,16)9-17-12/h2-5,12,17H,6-9H2,1H3,(H,18,19). The van der Waals surface area contributed by atoms with Crippen molar-refractivity contribution in [2.24, 2.45) is 0 Å². The van der Waals surface area contributed by atoms with Crippen molar-refractivity contribution in [3.63, 3.8) is 0 Å². The molecule has 7 heteroatoms. The molecule has 21 heavy (non-hydrogen) atoms. The van der Waals surface area contributed by atoms with Gasteiger partial charge < -0.3 is 14.8 Å². The molecule has 0 spiro atoms. The van der Waals surface area contributed by atoms with Crippen LogP contribution < -0.4 is 15.4 Å². The number of carbonyl (C=O) groups excluding carboxylic acids is 1. The summed E-state index contributed by atoms with van der Waals surface area (Å²) in [6, 6.07) is 5.85. The summed E-state index contributed by atoms with van der Waals surface area (Å²) in [7, 11) is 1.59. The van der Waals surface area contributed by atoms with Crippen molar-refractivity contribution in [2.75, 3.05) is 32.2 Å². The Morgan fingerprint density at radius 1 is 1.38 bits per heavy atom. The van der Waals surface area contributed by atoms with Crippen LogP contribution in [0.15, 0.2) is 24.3 Å². The molecule has 2 rings (SSSR count). The van der Waals surface area contributed by atoms with Gasteiger partial charge in [0.15, 0.2) is 0 Å². The van der Waals surface area contributed by atoms with Gasteiger partial charge in [0.25, 0.3) is 5.92 Å². The van der Waals surface area contributed by atoms with Crippen molar-refractivity contribution in [3.05, 3.63) is 24.3 Å². The zero-order valence-corrected chi connectivity index (χ0v) is 11.7. The van der Waals surface area contributed by atoms with E-state index in [-0.39, 0.29) is 0 Å². The van der Waals surface area contributed by atoms with Crippen molar-refractivity contribution < 1.29 is 23.0 Å². The number of hydrogen-bond acceptors (Lipinski definition) is 4. The van der Waals surface area contributed by atoms with Gasteiger partial charge in [0.1, 0.15) is 12.4 Å². The molecule has 1 amide bonds. The van der Waals surface area contributed by atoms with Gasteiger partial charge >= 0.3 is 0 Å². The first-order chi connectivity index (χ1) is 10.00. The lowest BCUT2D eigenvalue weighted by molar-refractivity contribution is -0.118. The summed E-state index contributed by atoms with van der Waals surface area (Å²) in [6.45, 7) is 0.459. The molecule has 1 aliphatic heterocycles. The predicted molar refractivity (Wildman–Crippen MR) is 73.8 cm³/mol. The number of anilines is 1. The Balaban J connectivity index is 1.84. The van der Waals surface area contributed by atoms with E-state index in [0.29, 0.717) is 24.7 Å². The minimum Gasteiger partial charge on any atom is -0.491 e. The molecule has 1 aromatic rings. The number of alkyl halides is 2. The van der Waals surface area contributed by atoms with E-state index in [9.17, 15) is 13.6 Å². The molecular weight excluding hydrogens is 282 g/mol. The van der Waals surface area contributed by atoms with Gasteiger partial charge in [0.2, 0.25) is 5.91 Å². The Labute approximate surface area is 121 Å². The lowest BCUT2D eigenvalue weighted by Crippen LogP contribution is -2.35. The molecule has 1 saturated heterocycles. The van der Waals surface area contributed by atoms with E-state index < -0.39 is 30.8 Å². The molecule has 116 valence electrons. The number of halogens is 2. The summed E-state index contributed by atoms with van der Waals surface area (Å²) in [5.41, 5.74) is 0.538. The second-order valence-electron chi connectivity index (χ2n) is 4.85. The van der Waals surface area contributed by atoms with Crippen LogP contribution in [0.25, 0.3) is 0 Å². The predicted octanol–water partition coefficient (Wildman–Crippen LogP) is 1.65. The lowest BCUT2D eigenvalue weighted by Gasteiger charge is -2.12. The summed E-state index contributed by atoms with van der Waals surface area (Å²) >= 11 is 0. The van der Waals surface area contributed by atoms with Gasteiger partial charge in [-0.3, -0.25) is 10.1 Å². The molecule has 5 nitrogen and oxygen atoms in total. The number of ether oxygens (including phenoxy) is 2. The maximum Gasteiger partial charge on any atom is 0.262 e. The van der Waals surface area contributed by atoms with Crippen molar-refractivity contribution >= 4 is 11.6 Å². The fourth-order valence-corrected chi connectivity index (χ4v) is 2.01. The molecule has 1 fully saturated rings. The minimum atomic E-state index is -2.82. The van der Waals surface area contributed by atoms with Crippen LogP contribution in [0.3, 0.4) is 0 Å². The molecule has 0 aliphatic carbocycles. The van der Waals surface area contributed by atoms with Crippen molar-refractivity contribution in [1.82, 2.24) is 5.32 Å². The van der Waals surface area contributed by atoms with Crippen LogP contribution in [-0.2, 0) is 9.53 Å². The summed E-state index contributed by atoms with van der Waals surface area (Å²) < 4.78 is 36.3. The highest BCUT2D eigenvalue weighted by Gasteiger charge is 2.42. The highest BCUT2D eigenvalue weighted by Crippen LogP contribution is 2.26. The molecule has 1 heterocycles. The second kappa shape index (κ2) is 6.82. The molecule has 0 aromatic heterocycles. The van der Waals surface area contributed by atoms with Gasteiger partial charge in [-0.2, -0.15) is 0 Å². The molecule has 0 saturated carbocycles. The zero-order chi connectivity index (χ0) is 15.3. The van der Waals surface area contributed by atoms with Crippen molar-refractivity contribution in [2.45, 2.75) is 18.4 Å². The monoisotopic (exact) mass is 300 g/mol.